The summed E-state index contributed by atoms with van der Waals surface area (Å²) in [6.07, 6.45) is 0.414. The molecule has 186 valence electrons. The molecule has 0 spiro atoms. The molecule has 0 saturated heterocycles. The first-order valence-electron chi connectivity index (χ1n) is 11.7. The highest BCUT2D eigenvalue weighted by atomic mass is 16.5. The zero-order valence-electron chi connectivity index (χ0n) is 20.4. The van der Waals surface area contributed by atoms with Crippen LogP contribution in [-0.2, 0) is 28.9 Å². The number of aromatic nitrogens is 1. The average molecular weight is 481 g/mol. The SMILES string of the molecule is Cc1oc(-c2ccccc2)nc1CCOc1ccc(CCC(=O)O)c(CNC(=O)OCC(C)C)c1. The number of carbonyl (C=O) groups is 2. The highest BCUT2D eigenvalue weighted by Crippen LogP contribution is 2.23. The van der Waals surface area contributed by atoms with Crippen molar-refractivity contribution in [3.63, 3.8) is 0 Å². The Bertz CT molecular complexity index is 1120. The highest BCUT2D eigenvalue weighted by molar-refractivity contribution is 5.68. The van der Waals surface area contributed by atoms with Gasteiger partial charge in [0, 0.05) is 24.9 Å². The number of nitrogens with one attached hydrogen (secondary N) is 1. The van der Waals surface area contributed by atoms with E-state index in [1.807, 2.05) is 69.3 Å². The summed E-state index contributed by atoms with van der Waals surface area (Å²) in [5.41, 5.74) is 3.37. The molecule has 0 radical (unpaired) electrons. The molecule has 0 atom stereocenters. The molecule has 0 aliphatic heterocycles. The van der Waals surface area contributed by atoms with Gasteiger partial charge < -0.3 is 24.3 Å². The summed E-state index contributed by atoms with van der Waals surface area (Å²) in [4.78, 5) is 27.6. The summed E-state index contributed by atoms with van der Waals surface area (Å²) < 4.78 is 16.9. The molecule has 2 aromatic carbocycles. The van der Waals surface area contributed by atoms with Gasteiger partial charge in [0.2, 0.25) is 5.89 Å². The fourth-order valence-corrected chi connectivity index (χ4v) is 3.43. The topological polar surface area (TPSA) is 111 Å². The van der Waals surface area contributed by atoms with E-state index in [9.17, 15) is 9.59 Å². The van der Waals surface area contributed by atoms with Gasteiger partial charge in [0.25, 0.3) is 0 Å². The van der Waals surface area contributed by atoms with Crippen molar-refractivity contribution < 1.29 is 28.6 Å². The lowest BCUT2D eigenvalue weighted by Gasteiger charge is -2.14. The lowest BCUT2D eigenvalue weighted by Crippen LogP contribution is -2.25. The minimum atomic E-state index is -0.876. The largest absolute Gasteiger partial charge is 0.493 e. The second kappa shape index (κ2) is 12.6. The van der Waals surface area contributed by atoms with Gasteiger partial charge in [0.05, 0.1) is 18.9 Å². The molecule has 0 aliphatic rings. The lowest BCUT2D eigenvalue weighted by molar-refractivity contribution is -0.136. The number of aryl methyl sites for hydroxylation is 2. The van der Waals surface area contributed by atoms with Crippen LogP contribution in [0.15, 0.2) is 52.9 Å². The third-order valence-corrected chi connectivity index (χ3v) is 5.28. The van der Waals surface area contributed by atoms with Gasteiger partial charge in [-0.05, 0) is 54.7 Å². The van der Waals surface area contributed by atoms with Gasteiger partial charge in [-0.2, -0.15) is 0 Å². The van der Waals surface area contributed by atoms with E-state index in [2.05, 4.69) is 10.3 Å². The molecule has 0 unspecified atom stereocenters. The molecule has 1 amide bonds. The summed E-state index contributed by atoms with van der Waals surface area (Å²) >= 11 is 0. The highest BCUT2D eigenvalue weighted by Gasteiger charge is 2.13. The minimum Gasteiger partial charge on any atom is -0.493 e. The zero-order chi connectivity index (χ0) is 25.2. The van der Waals surface area contributed by atoms with Crippen molar-refractivity contribution in [1.29, 1.82) is 0 Å². The molecule has 0 bridgehead atoms. The van der Waals surface area contributed by atoms with Gasteiger partial charge in [-0.1, -0.05) is 38.1 Å². The number of amides is 1. The fraction of sp³-hybridized carbons (Fsp3) is 0.370. The molecule has 35 heavy (non-hydrogen) atoms. The molecular formula is C27H32N2O6. The van der Waals surface area contributed by atoms with Crippen molar-refractivity contribution in [3.05, 3.63) is 71.1 Å². The van der Waals surface area contributed by atoms with Crippen LogP contribution in [0.4, 0.5) is 4.79 Å². The summed E-state index contributed by atoms with van der Waals surface area (Å²) in [5.74, 6) is 1.32. The van der Waals surface area contributed by atoms with Crippen LogP contribution in [0.1, 0.15) is 42.8 Å². The number of hydrogen-bond acceptors (Lipinski definition) is 6. The van der Waals surface area contributed by atoms with Crippen LogP contribution in [0.3, 0.4) is 0 Å². The Kier molecular flexibility index (Phi) is 9.29. The first-order chi connectivity index (χ1) is 16.8. The van der Waals surface area contributed by atoms with E-state index >= 15 is 0 Å². The summed E-state index contributed by atoms with van der Waals surface area (Å²) in [7, 11) is 0. The lowest BCUT2D eigenvalue weighted by atomic mass is 10.0. The Hall–Kier alpha value is -3.81. The number of oxazole rings is 1. The normalized spacial score (nSPS) is 10.9. The van der Waals surface area contributed by atoms with Crippen LogP contribution in [0.25, 0.3) is 11.5 Å². The van der Waals surface area contributed by atoms with Crippen LogP contribution in [0.2, 0.25) is 0 Å². The Balaban J connectivity index is 1.62. The van der Waals surface area contributed by atoms with Crippen molar-refractivity contribution >= 4 is 12.1 Å². The number of nitrogens with zero attached hydrogens (tertiary/aromatic N) is 1. The van der Waals surface area contributed by atoms with Crippen LogP contribution >= 0.6 is 0 Å². The van der Waals surface area contributed by atoms with Crippen molar-refractivity contribution in [2.75, 3.05) is 13.2 Å². The Labute approximate surface area is 205 Å². The molecule has 3 aromatic rings. The van der Waals surface area contributed by atoms with Crippen LogP contribution in [0.5, 0.6) is 5.75 Å². The molecule has 8 heteroatoms. The molecule has 8 nitrogen and oxygen atoms in total. The Morgan fingerprint density at radius 2 is 1.86 bits per heavy atom. The predicted octanol–water partition coefficient (Wildman–Crippen LogP) is 5.17. The van der Waals surface area contributed by atoms with E-state index in [0.29, 0.717) is 37.7 Å². The van der Waals surface area contributed by atoms with Crippen molar-refractivity contribution in [3.8, 4) is 17.2 Å². The van der Waals surface area contributed by atoms with Crippen LogP contribution in [-0.4, -0.2) is 35.4 Å². The van der Waals surface area contributed by atoms with Crippen molar-refractivity contribution in [2.45, 2.75) is 46.6 Å². The van der Waals surface area contributed by atoms with Crippen molar-refractivity contribution in [2.24, 2.45) is 5.92 Å². The molecule has 1 heterocycles. The standard InChI is InChI=1S/C27H32N2O6/c1-18(2)17-34-27(32)28-16-22-15-23(11-9-20(22)10-12-25(30)31)33-14-13-24-19(3)35-26(29-24)21-7-5-4-6-8-21/h4-9,11,15,18H,10,12-14,16-17H2,1-3H3,(H,28,32)(H,30,31). The monoisotopic (exact) mass is 480 g/mol. The first kappa shape index (κ1) is 25.8. The Morgan fingerprint density at radius 3 is 2.57 bits per heavy atom. The summed E-state index contributed by atoms with van der Waals surface area (Å²) in [6, 6.07) is 15.2. The minimum absolute atomic E-state index is 0.000182. The van der Waals surface area contributed by atoms with Gasteiger partial charge in [0.1, 0.15) is 11.5 Å². The summed E-state index contributed by atoms with van der Waals surface area (Å²) in [6.45, 7) is 6.73. The molecule has 0 saturated carbocycles. The number of rotatable bonds is 12. The third kappa shape index (κ3) is 8.17. The second-order valence-corrected chi connectivity index (χ2v) is 8.66. The van der Waals surface area contributed by atoms with E-state index in [1.165, 1.54) is 0 Å². The zero-order valence-corrected chi connectivity index (χ0v) is 20.4. The maximum Gasteiger partial charge on any atom is 0.407 e. The smallest absolute Gasteiger partial charge is 0.407 e. The molecule has 0 aliphatic carbocycles. The van der Waals surface area contributed by atoms with Gasteiger partial charge in [-0.15, -0.1) is 0 Å². The Morgan fingerprint density at radius 1 is 1.09 bits per heavy atom. The van der Waals surface area contributed by atoms with Gasteiger partial charge in [0.15, 0.2) is 0 Å². The number of ether oxygens (including phenoxy) is 2. The number of benzene rings is 2. The maximum absolute atomic E-state index is 12.0. The van der Waals surface area contributed by atoms with Crippen LogP contribution < -0.4 is 10.1 Å². The molecular weight excluding hydrogens is 448 g/mol. The first-order valence-corrected chi connectivity index (χ1v) is 11.7. The predicted molar refractivity (Wildman–Crippen MR) is 131 cm³/mol. The molecule has 3 rings (SSSR count). The number of hydrogen-bond donors (Lipinski definition) is 2. The van der Waals surface area contributed by atoms with E-state index < -0.39 is 12.1 Å². The van der Waals surface area contributed by atoms with Gasteiger partial charge >= 0.3 is 12.1 Å². The van der Waals surface area contributed by atoms with Crippen molar-refractivity contribution in [1.82, 2.24) is 10.3 Å². The van der Waals surface area contributed by atoms with E-state index in [1.54, 1.807) is 0 Å². The van der Waals surface area contributed by atoms with Crippen LogP contribution in [0, 0.1) is 12.8 Å². The number of aliphatic carboxylic acids is 1. The maximum atomic E-state index is 12.0. The number of carboxylic acids is 1. The summed E-state index contributed by atoms with van der Waals surface area (Å²) in [5, 5.41) is 11.8. The third-order valence-electron chi connectivity index (χ3n) is 5.28. The molecule has 2 N–H and O–H groups in total. The molecule has 0 fully saturated rings. The van der Waals surface area contributed by atoms with E-state index in [0.717, 1.165) is 28.1 Å². The number of carboxylic acid groups (broad SMARTS) is 1. The van der Waals surface area contributed by atoms with Gasteiger partial charge in [-0.25, -0.2) is 9.78 Å². The number of alkyl carbamates (subject to hydrolysis) is 1. The number of carbonyl (C=O) groups excluding carboxylic acids is 1. The molecule has 1 aromatic heterocycles. The second-order valence-electron chi connectivity index (χ2n) is 8.66. The quantitative estimate of drug-likeness (QED) is 0.368. The average Bonchev–Trinajstić information content (AvgIpc) is 3.21. The fourth-order valence-electron chi connectivity index (χ4n) is 3.43. The van der Waals surface area contributed by atoms with E-state index in [4.69, 9.17) is 19.0 Å². The van der Waals surface area contributed by atoms with E-state index in [-0.39, 0.29) is 18.9 Å². The van der Waals surface area contributed by atoms with Gasteiger partial charge in [-0.3, -0.25) is 4.79 Å².